The third-order valence-electron chi connectivity index (χ3n) is 5.13. The van der Waals surface area contributed by atoms with Crippen molar-refractivity contribution < 1.29 is 14.7 Å². The van der Waals surface area contributed by atoms with Gasteiger partial charge in [-0.15, -0.1) is 0 Å². The summed E-state index contributed by atoms with van der Waals surface area (Å²) in [5.74, 6) is -0.0895. The van der Waals surface area contributed by atoms with Crippen LogP contribution >= 0.6 is 11.6 Å². The number of amides is 2. The summed E-state index contributed by atoms with van der Waals surface area (Å²) in [4.78, 5) is 26.5. The maximum Gasteiger partial charge on any atom is 0.326 e. The molecule has 0 heterocycles. The number of aliphatic hydroxyl groups excluding tert-OH is 1. The predicted octanol–water partition coefficient (Wildman–Crippen LogP) is 6.01. The molecule has 2 unspecified atom stereocenters. The summed E-state index contributed by atoms with van der Waals surface area (Å²) in [5, 5.41) is 14.5. The number of aryl methyl sites for hydroxylation is 1. The van der Waals surface area contributed by atoms with Crippen LogP contribution in [-0.4, -0.2) is 23.0 Å². The lowest BCUT2D eigenvalue weighted by Gasteiger charge is -2.33. The molecule has 0 bridgehead atoms. The Morgan fingerprint density at radius 1 is 1.00 bits per heavy atom. The minimum atomic E-state index is -1.02. The molecule has 0 aliphatic heterocycles. The highest BCUT2D eigenvalue weighted by Gasteiger charge is 2.29. The number of carbonyl (C=O) groups is 2. The van der Waals surface area contributed by atoms with Crippen molar-refractivity contribution in [2.24, 2.45) is 0 Å². The summed E-state index contributed by atoms with van der Waals surface area (Å²) in [7, 11) is 0. The Morgan fingerprint density at radius 3 is 2.26 bits per heavy atom. The SMILES string of the molecule is CC(=O)c1cccc(C(O)C(C)N(C(=O)Nc2ccc(C)cc2)c2ccc(Cl)cc2)c1. The number of Topliss-reactive ketones (excluding diaryl/α,β-unsaturated/α-hetero) is 1. The number of urea groups is 1. The molecule has 0 radical (unpaired) electrons. The Balaban J connectivity index is 1.93. The molecule has 2 N–H and O–H groups in total. The van der Waals surface area contributed by atoms with Crippen molar-refractivity contribution >= 4 is 34.8 Å². The lowest BCUT2D eigenvalue weighted by atomic mass is 9.98. The van der Waals surface area contributed by atoms with Gasteiger partial charge in [0.25, 0.3) is 0 Å². The van der Waals surface area contributed by atoms with Gasteiger partial charge in [-0.05, 0) is 68.8 Å². The zero-order chi connectivity index (χ0) is 22.5. The Bertz CT molecular complexity index is 1060. The minimum absolute atomic E-state index is 0.0895. The summed E-state index contributed by atoms with van der Waals surface area (Å²) in [5.41, 5.74) is 3.38. The van der Waals surface area contributed by atoms with Crippen molar-refractivity contribution in [2.75, 3.05) is 10.2 Å². The molecule has 0 spiro atoms. The van der Waals surface area contributed by atoms with Crippen LogP contribution in [0.25, 0.3) is 0 Å². The maximum atomic E-state index is 13.3. The van der Waals surface area contributed by atoms with Crippen LogP contribution in [0, 0.1) is 6.92 Å². The minimum Gasteiger partial charge on any atom is -0.386 e. The van der Waals surface area contributed by atoms with E-state index in [2.05, 4.69) is 5.32 Å². The number of carbonyl (C=O) groups excluding carboxylic acids is 2. The van der Waals surface area contributed by atoms with E-state index in [9.17, 15) is 14.7 Å². The van der Waals surface area contributed by atoms with Gasteiger partial charge in [-0.1, -0.05) is 47.5 Å². The first-order valence-corrected chi connectivity index (χ1v) is 10.4. The molecular formula is C25H25ClN2O3. The normalized spacial score (nSPS) is 12.7. The Morgan fingerprint density at radius 2 is 1.65 bits per heavy atom. The molecule has 3 aromatic carbocycles. The van der Waals surface area contributed by atoms with Gasteiger partial charge >= 0.3 is 6.03 Å². The number of rotatable bonds is 6. The third kappa shape index (κ3) is 5.51. The summed E-state index contributed by atoms with van der Waals surface area (Å²) < 4.78 is 0. The van der Waals surface area contributed by atoms with Gasteiger partial charge in [-0.25, -0.2) is 4.79 Å². The summed E-state index contributed by atoms with van der Waals surface area (Å²) >= 11 is 6.03. The van der Waals surface area contributed by atoms with Gasteiger partial charge in [-0.2, -0.15) is 0 Å². The Labute approximate surface area is 187 Å². The van der Waals surface area contributed by atoms with E-state index in [0.717, 1.165) is 5.56 Å². The fraction of sp³-hybridized carbons (Fsp3) is 0.200. The van der Waals surface area contributed by atoms with E-state index in [1.807, 2.05) is 31.2 Å². The van der Waals surface area contributed by atoms with E-state index in [1.54, 1.807) is 55.5 Å². The second-order valence-electron chi connectivity index (χ2n) is 7.51. The van der Waals surface area contributed by atoms with E-state index in [4.69, 9.17) is 11.6 Å². The zero-order valence-electron chi connectivity index (χ0n) is 17.7. The van der Waals surface area contributed by atoms with Crippen LogP contribution in [0.3, 0.4) is 0 Å². The summed E-state index contributed by atoms with van der Waals surface area (Å²) in [6, 6.07) is 20.1. The van der Waals surface area contributed by atoms with Gasteiger partial charge in [0, 0.05) is 22.0 Å². The Kier molecular flexibility index (Phi) is 7.10. The summed E-state index contributed by atoms with van der Waals surface area (Å²) in [6.45, 7) is 5.21. The predicted molar refractivity (Wildman–Crippen MR) is 125 cm³/mol. The highest BCUT2D eigenvalue weighted by molar-refractivity contribution is 6.30. The van der Waals surface area contributed by atoms with Crippen LogP contribution in [0.2, 0.25) is 5.02 Å². The van der Waals surface area contributed by atoms with E-state index in [1.165, 1.54) is 11.8 Å². The van der Waals surface area contributed by atoms with Crippen molar-refractivity contribution in [2.45, 2.75) is 32.9 Å². The van der Waals surface area contributed by atoms with Crippen molar-refractivity contribution in [3.63, 3.8) is 0 Å². The standard InChI is InChI=1S/C25H25ClN2O3/c1-16-7-11-22(12-8-16)27-25(31)28(23-13-9-21(26)10-14-23)17(2)24(30)20-6-4-5-19(15-20)18(3)29/h4-15,17,24,30H,1-3H3,(H,27,31). The molecule has 2 atom stereocenters. The topological polar surface area (TPSA) is 69.6 Å². The fourth-order valence-electron chi connectivity index (χ4n) is 3.32. The fourth-order valence-corrected chi connectivity index (χ4v) is 3.45. The van der Waals surface area contributed by atoms with Crippen molar-refractivity contribution in [3.8, 4) is 0 Å². The first-order chi connectivity index (χ1) is 14.8. The van der Waals surface area contributed by atoms with E-state index < -0.39 is 12.1 Å². The average molecular weight is 437 g/mol. The van der Waals surface area contributed by atoms with Gasteiger partial charge in [0.1, 0.15) is 0 Å². The number of anilines is 2. The quantitative estimate of drug-likeness (QED) is 0.465. The second kappa shape index (κ2) is 9.77. The number of benzene rings is 3. The number of hydrogen-bond donors (Lipinski definition) is 2. The third-order valence-corrected chi connectivity index (χ3v) is 5.38. The molecule has 5 nitrogen and oxygen atoms in total. The van der Waals surface area contributed by atoms with Gasteiger partial charge in [0.05, 0.1) is 12.1 Å². The molecule has 6 heteroatoms. The van der Waals surface area contributed by atoms with Gasteiger partial charge in [0.2, 0.25) is 0 Å². The van der Waals surface area contributed by atoms with E-state index in [0.29, 0.717) is 27.5 Å². The van der Waals surface area contributed by atoms with E-state index in [-0.39, 0.29) is 11.8 Å². The number of nitrogens with one attached hydrogen (secondary N) is 1. The van der Waals surface area contributed by atoms with Crippen LogP contribution in [0.1, 0.15) is 41.4 Å². The molecule has 2 amide bonds. The van der Waals surface area contributed by atoms with Crippen molar-refractivity contribution in [3.05, 3.63) is 94.5 Å². The molecule has 0 aromatic heterocycles. The second-order valence-corrected chi connectivity index (χ2v) is 7.95. The van der Waals surface area contributed by atoms with Gasteiger partial charge in [-0.3, -0.25) is 9.69 Å². The van der Waals surface area contributed by atoms with Crippen molar-refractivity contribution in [1.29, 1.82) is 0 Å². The largest absolute Gasteiger partial charge is 0.386 e. The molecular weight excluding hydrogens is 412 g/mol. The van der Waals surface area contributed by atoms with Crippen LogP contribution in [-0.2, 0) is 0 Å². The lowest BCUT2D eigenvalue weighted by Crippen LogP contribution is -2.44. The molecule has 31 heavy (non-hydrogen) atoms. The van der Waals surface area contributed by atoms with Gasteiger partial charge < -0.3 is 10.4 Å². The number of aliphatic hydroxyl groups is 1. The highest BCUT2D eigenvalue weighted by atomic mass is 35.5. The van der Waals surface area contributed by atoms with Crippen LogP contribution in [0.4, 0.5) is 16.2 Å². The molecule has 0 aliphatic rings. The molecule has 3 rings (SSSR count). The molecule has 0 saturated carbocycles. The van der Waals surface area contributed by atoms with Crippen LogP contribution < -0.4 is 10.2 Å². The molecule has 0 aliphatic carbocycles. The number of ketones is 1. The smallest absolute Gasteiger partial charge is 0.326 e. The van der Waals surface area contributed by atoms with Crippen LogP contribution in [0.5, 0.6) is 0 Å². The van der Waals surface area contributed by atoms with Crippen LogP contribution in [0.15, 0.2) is 72.8 Å². The summed E-state index contributed by atoms with van der Waals surface area (Å²) in [6.07, 6.45) is -1.02. The molecule has 3 aromatic rings. The monoisotopic (exact) mass is 436 g/mol. The number of halogens is 1. The van der Waals surface area contributed by atoms with E-state index >= 15 is 0 Å². The number of nitrogens with zero attached hydrogens (tertiary/aromatic N) is 1. The molecule has 160 valence electrons. The molecule has 0 saturated heterocycles. The van der Waals surface area contributed by atoms with Crippen molar-refractivity contribution in [1.82, 2.24) is 0 Å². The maximum absolute atomic E-state index is 13.3. The lowest BCUT2D eigenvalue weighted by molar-refractivity contribution is 0.101. The van der Waals surface area contributed by atoms with Gasteiger partial charge in [0.15, 0.2) is 5.78 Å². The Hall–Kier alpha value is -3.15. The highest BCUT2D eigenvalue weighted by Crippen LogP contribution is 2.28. The molecule has 0 fully saturated rings. The average Bonchev–Trinajstić information content (AvgIpc) is 2.76. The zero-order valence-corrected chi connectivity index (χ0v) is 18.4. The number of hydrogen-bond acceptors (Lipinski definition) is 3. The first kappa shape index (κ1) is 22.5. The first-order valence-electron chi connectivity index (χ1n) is 9.97.